The molecule has 3 aromatic rings. The SMILES string of the molecule is CC1CN(Cc2ccc(C(=O)Nc3ccccc3NC(=O)c3ccc(Cl)cc3)cc2)CC(C)O1. The van der Waals surface area contributed by atoms with Crippen molar-refractivity contribution in [1.82, 2.24) is 4.90 Å². The van der Waals surface area contributed by atoms with E-state index in [1.165, 1.54) is 0 Å². The summed E-state index contributed by atoms with van der Waals surface area (Å²) >= 11 is 5.90. The molecule has 7 heteroatoms. The van der Waals surface area contributed by atoms with Gasteiger partial charge in [-0.3, -0.25) is 14.5 Å². The van der Waals surface area contributed by atoms with Crippen LogP contribution in [-0.4, -0.2) is 42.0 Å². The molecule has 2 amide bonds. The molecule has 0 aliphatic carbocycles. The number of anilines is 2. The first kappa shape index (κ1) is 24.0. The van der Waals surface area contributed by atoms with E-state index in [0.717, 1.165) is 25.2 Å². The van der Waals surface area contributed by atoms with Crippen molar-refractivity contribution < 1.29 is 14.3 Å². The molecule has 1 aliphatic rings. The highest BCUT2D eigenvalue weighted by atomic mass is 35.5. The molecule has 1 heterocycles. The molecule has 3 aromatic carbocycles. The lowest BCUT2D eigenvalue weighted by molar-refractivity contribution is -0.0704. The van der Waals surface area contributed by atoms with Gasteiger partial charge >= 0.3 is 0 Å². The molecule has 0 spiro atoms. The average Bonchev–Trinajstić information content (AvgIpc) is 2.80. The third-order valence-corrected chi connectivity index (χ3v) is 5.90. The van der Waals surface area contributed by atoms with Crippen molar-refractivity contribution >= 4 is 34.8 Å². The van der Waals surface area contributed by atoms with Crippen molar-refractivity contribution in [3.05, 3.63) is 94.5 Å². The molecule has 1 aliphatic heterocycles. The van der Waals surface area contributed by atoms with Gasteiger partial charge in [-0.1, -0.05) is 35.9 Å². The summed E-state index contributed by atoms with van der Waals surface area (Å²) in [4.78, 5) is 27.8. The van der Waals surface area contributed by atoms with E-state index in [-0.39, 0.29) is 24.0 Å². The number of hydrogen-bond acceptors (Lipinski definition) is 4. The number of carbonyl (C=O) groups excluding carboxylic acids is 2. The van der Waals surface area contributed by atoms with E-state index < -0.39 is 0 Å². The van der Waals surface area contributed by atoms with Crippen molar-refractivity contribution in [2.75, 3.05) is 23.7 Å². The van der Waals surface area contributed by atoms with Crippen molar-refractivity contribution in [2.45, 2.75) is 32.6 Å². The highest BCUT2D eigenvalue weighted by Gasteiger charge is 2.22. The van der Waals surface area contributed by atoms with Crippen LogP contribution in [0.5, 0.6) is 0 Å². The topological polar surface area (TPSA) is 70.7 Å². The van der Waals surface area contributed by atoms with Gasteiger partial charge in [0.2, 0.25) is 0 Å². The largest absolute Gasteiger partial charge is 0.373 e. The molecule has 0 bridgehead atoms. The van der Waals surface area contributed by atoms with Crippen LogP contribution >= 0.6 is 11.6 Å². The number of hydrogen-bond donors (Lipinski definition) is 2. The van der Waals surface area contributed by atoms with Crippen LogP contribution in [0, 0.1) is 0 Å². The zero-order chi connectivity index (χ0) is 24.1. The fraction of sp³-hybridized carbons (Fsp3) is 0.259. The highest BCUT2D eigenvalue weighted by Crippen LogP contribution is 2.23. The summed E-state index contributed by atoms with van der Waals surface area (Å²) in [6.45, 7) is 6.79. The molecular weight excluding hydrogens is 450 g/mol. The van der Waals surface area contributed by atoms with Gasteiger partial charge in [0, 0.05) is 35.8 Å². The Morgan fingerprint density at radius 3 is 1.79 bits per heavy atom. The predicted octanol–water partition coefficient (Wildman–Crippen LogP) is 5.45. The number of nitrogens with one attached hydrogen (secondary N) is 2. The smallest absolute Gasteiger partial charge is 0.255 e. The van der Waals surface area contributed by atoms with E-state index in [0.29, 0.717) is 27.5 Å². The predicted molar refractivity (Wildman–Crippen MR) is 136 cm³/mol. The second-order valence-electron chi connectivity index (χ2n) is 8.61. The first-order valence-corrected chi connectivity index (χ1v) is 11.7. The molecule has 0 aromatic heterocycles. The van der Waals surface area contributed by atoms with Gasteiger partial charge in [-0.05, 0) is 67.9 Å². The standard InChI is InChI=1S/C27H28ClN3O3/c1-18-15-31(16-19(2)34-18)17-20-7-9-21(10-8-20)26(32)29-24-5-3-4-6-25(24)30-27(33)22-11-13-23(28)14-12-22/h3-14,18-19H,15-17H2,1-2H3,(H,29,32)(H,30,33). The molecule has 2 atom stereocenters. The van der Waals surface area contributed by atoms with E-state index in [9.17, 15) is 9.59 Å². The quantitative estimate of drug-likeness (QED) is 0.495. The van der Waals surface area contributed by atoms with Gasteiger partial charge in [0.15, 0.2) is 0 Å². The normalized spacial score (nSPS) is 18.3. The van der Waals surface area contributed by atoms with Gasteiger partial charge in [-0.15, -0.1) is 0 Å². The van der Waals surface area contributed by atoms with Crippen LogP contribution in [0.4, 0.5) is 11.4 Å². The van der Waals surface area contributed by atoms with Gasteiger partial charge in [-0.2, -0.15) is 0 Å². The number of halogens is 1. The number of morpholine rings is 1. The Labute approximate surface area is 204 Å². The van der Waals surface area contributed by atoms with Gasteiger partial charge in [0.25, 0.3) is 11.8 Å². The van der Waals surface area contributed by atoms with Crippen LogP contribution in [0.2, 0.25) is 5.02 Å². The summed E-state index contributed by atoms with van der Waals surface area (Å²) in [6.07, 6.45) is 0.433. The number of amides is 2. The van der Waals surface area contributed by atoms with Crippen LogP contribution in [0.1, 0.15) is 40.1 Å². The zero-order valence-corrected chi connectivity index (χ0v) is 20.0. The van der Waals surface area contributed by atoms with E-state index in [1.807, 2.05) is 24.3 Å². The maximum atomic E-state index is 12.9. The van der Waals surface area contributed by atoms with Crippen molar-refractivity contribution in [3.63, 3.8) is 0 Å². The number of para-hydroxylation sites is 2. The first-order valence-electron chi connectivity index (χ1n) is 11.3. The highest BCUT2D eigenvalue weighted by molar-refractivity contribution is 6.30. The maximum absolute atomic E-state index is 12.9. The Balaban J connectivity index is 1.40. The second-order valence-corrected chi connectivity index (χ2v) is 9.05. The molecule has 34 heavy (non-hydrogen) atoms. The van der Waals surface area contributed by atoms with Crippen LogP contribution < -0.4 is 10.6 Å². The van der Waals surface area contributed by atoms with Gasteiger partial charge < -0.3 is 15.4 Å². The maximum Gasteiger partial charge on any atom is 0.255 e. The molecule has 1 fully saturated rings. The molecule has 6 nitrogen and oxygen atoms in total. The third kappa shape index (κ3) is 6.23. The summed E-state index contributed by atoms with van der Waals surface area (Å²) < 4.78 is 5.80. The van der Waals surface area contributed by atoms with E-state index >= 15 is 0 Å². The monoisotopic (exact) mass is 477 g/mol. The lowest BCUT2D eigenvalue weighted by atomic mass is 10.1. The Bertz CT molecular complexity index is 1140. The lowest BCUT2D eigenvalue weighted by Gasteiger charge is -2.35. The minimum Gasteiger partial charge on any atom is -0.373 e. The van der Waals surface area contributed by atoms with Gasteiger partial charge in [0.05, 0.1) is 23.6 Å². The molecule has 1 saturated heterocycles. The average molecular weight is 478 g/mol. The fourth-order valence-electron chi connectivity index (χ4n) is 4.12. The van der Waals surface area contributed by atoms with Crippen molar-refractivity contribution in [1.29, 1.82) is 0 Å². The lowest BCUT2D eigenvalue weighted by Crippen LogP contribution is -2.44. The van der Waals surface area contributed by atoms with Crippen LogP contribution in [0.25, 0.3) is 0 Å². The Hall–Kier alpha value is -3.19. The minimum atomic E-state index is -0.283. The number of carbonyl (C=O) groups is 2. The van der Waals surface area contributed by atoms with Crippen LogP contribution in [0.15, 0.2) is 72.8 Å². The van der Waals surface area contributed by atoms with E-state index in [2.05, 4.69) is 29.4 Å². The van der Waals surface area contributed by atoms with E-state index in [4.69, 9.17) is 16.3 Å². The Kier molecular flexibility index (Phi) is 7.63. The zero-order valence-electron chi connectivity index (χ0n) is 19.3. The second kappa shape index (κ2) is 10.8. The number of nitrogens with zero attached hydrogens (tertiary/aromatic N) is 1. The summed E-state index contributed by atoms with van der Waals surface area (Å²) in [7, 11) is 0. The summed E-state index contributed by atoms with van der Waals surface area (Å²) in [6, 6.07) is 21.3. The summed E-state index contributed by atoms with van der Waals surface area (Å²) in [5, 5.41) is 6.32. The summed E-state index contributed by atoms with van der Waals surface area (Å²) in [5.41, 5.74) is 3.21. The van der Waals surface area contributed by atoms with Crippen LogP contribution in [0.3, 0.4) is 0 Å². The fourth-order valence-corrected chi connectivity index (χ4v) is 4.25. The Morgan fingerprint density at radius 1 is 0.824 bits per heavy atom. The minimum absolute atomic E-state index is 0.217. The molecule has 2 unspecified atom stereocenters. The number of benzene rings is 3. The van der Waals surface area contributed by atoms with E-state index in [1.54, 1.807) is 48.5 Å². The van der Waals surface area contributed by atoms with Gasteiger partial charge in [0.1, 0.15) is 0 Å². The molecule has 0 radical (unpaired) electrons. The van der Waals surface area contributed by atoms with Crippen LogP contribution in [-0.2, 0) is 11.3 Å². The first-order chi connectivity index (χ1) is 16.4. The molecular formula is C27H28ClN3O3. The molecule has 2 N–H and O–H groups in total. The van der Waals surface area contributed by atoms with Gasteiger partial charge in [-0.25, -0.2) is 0 Å². The molecule has 176 valence electrons. The van der Waals surface area contributed by atoms with Crippen molar-refractivity contribution in [3.8, 4) is 0 Å². The summed E-state index contributed by atoms with van der Waals surface area (Å²) in [5.74, 6) is -0.525. The van der Waals surface area contributed by atoms with Crippen molar-refractivity contribution in [2.24, 2.45) is 0 Å². The number of ether oxygens (including phenoxy) is 1. The third-order valence-electron chi connectivity index (χ3n) is 5.65. The molecule has 0 saturated carbocycles. The molecule has 4 rings (SSSR count). The Morgan fingerprint density at radius 2 is 1.29 bits per heavy atom. The number of rotatable bonds is 6.